The number of nitrogens with zero attached hydrogens (tertiary/aromatic N) is 5. The molecule has 0 saturated heterocycles. The van der Waals surface area contributed by atoms with E-state index in [1.807, 2.05) is 26.0 Å². The van der Waals surface area contributed by atoms with Crippen molar-refractivity contribution < 1.29 is 14.4 Å². The Morgan fingerprint density at radius 1 is 0.927 bits per heavy atom. The number of nitrogens with one attached hydrogen (secondary N) is 3. The number of hydrogen-bond acceptors (Lipinski definition) is 9. The van der Waals surface area contributed by atoms with Gasteiger partial charge in [0.2, 0.25) is 5.95 Å². The van der Waals surface area contributed by atoms with Crippen LogP contribution in [0, 0.1) is 0 Å². The van der Waals surface area contributed by atoms with Crippen molar-refractivity contribution in [2.45, 2.75) is 0 Å². The number of amides is 2. The van der Waals surface area contributed by atoms with Gasteiger partial charge in [0.25, 0.3) is 17.6 Å². The van der Waals surface area contributed by atoms with Gasteiger partial charge in [0.05, 0.1) is 17.4 Å². The molecule has 0 aliphatic rings. The first-order chi connectivity index (χ1) is 19.4. The van der Waals surface area contributed by atoms with E-state index in [1.165, 1.54) is 25.2 Å². The second-order valence-electron chi connectivity index (χ2n) is 9.89. The Morgan fingerprint density at radius 2 is 1.63 bits per heavy atom. The molecule has 2 aromatic carbocycles. The molecule has 0 radical (unpaired) electrons. The van der Waals surface area contributed by atoms with Crippen LogP contribution in [0.1, 0.15) is 10.4 Å². The summed E-state index contributed by atoms with van der Waals surface area (Å²) in [6, 6.07) is 13.7. The number of carbonyl (C=O) groups excluding carboxylic acids is 3. The predicted octanol–water partition coefficient (Wildman–Crippen LogP) is 3.88. The highest BCUT2D eigenvalue weighted by atomic mass is 35.5. The van der Waals surface area contributed by atoms with Gasteiger partial charge >= 0.3 is 0 Å². The quantitative estimate of drug-likeness (QED) is 0.157. The molecule has 11 nitrogen and oxygen atoms in total. The fourth-order valence-electron chi connectivity index (χ4n) is 3.62. The SMILES string of the molecule is C=C(CN(C)CCN(C)C)C(=O)Nc1cccc(Nc2ncc(Cl)c(Nc3ccccc3C(=O)C(=O)N(C)C)n2)c1. The molecule has 0 fully saturated rings. The summed E-state index contributed by atoms with van der Waals surface area (Å²) in [5, 5.41) is 9.22. The van der Waals surface area contributed by atoms with Gasteiger partial charge in [-0.05, 0) is 51.5 Å². The van der Waals surface area contributed by atoms with E-state index in [4.69, 9.17) is 11.6 Å². The van der Waals surface area contributed by atoms with Crippen molar-refractivity contribution in [1.29, 1.82) is 0 Å². The Balaban J connectivity index is 1.71. The Hall–Kier alpha value is -4.32. The molecule has 0 saturated carbocycles. The highest BCUT2D eigenvalue weighted by Crippen LogP contribution is 2.27. The largest absolute Gasteiger partial charge is 0.342 e. The summed E-state index contributed by atoms with van der Waals surface area (Å²) in [6.07, 6.45) is 1.41. The number of benzene rings is 2. The van der Waals surface area contributed by atoms with Crippen molar-refractivity contribution in [2.75, 3.05) is 70.8 Å². The molecule has 0 unspecified atom stereocenters. The highest BCUT2D eigenvalue weighted by molar-refractivity contribution is 6.43. The number of rotatable bonds is 13. The van der Waals surface area contributed by atoms with Crippen molar-refractivity contribution in [1.82, 2.24) is 24.7 Å². The fraction of sp³-hybridized carbons (Fsp3) is 0.276. The number of hydrogen-bond donors (Lipinski definition) is 3. The normalized spacial score (nSPS) is 10.8. The summed E-state index contributed by atoms with van der Waals surface area (Å²) < 4.78 is 0. The van der Waals surface area contributed by atoms with E-state index in [1.54, 1.807) is 48.5 Å². The molecular weight excluding hydrogens is 544 g/mol. The van der Waals surface area contributed by atoms with Crippen molar-refractivity contribution in [3.8, 4) is 0 Å². The zero-order chi connectivity index (χ0) is 30.1. The third-order valence-electron chi connectivity index (χ3n) is 5.86. The van der Waals surface area contributed by atoms with Crippen LogP contribution in [0.25, 0.3) is 0 Å². The van der Waals surface area contributed by atoms with Gasteiger partial charge in [0, 0.05) is 50.7 Å². The van der Waals surface area contributed by atoms with Gasteiger partial charge in [-0.25, -0.2) is 4.98 Å². The molecule has 12 heteroatoms. The van der Waals surface area contributed by atoms with Crippen molar-refractivity contribution in [3.63, 3.8) is 0 Å². The number of halogens is 1. The van der Waals surface area contributed by atoms with Gasteiger partial charge in [-0.3, -0.25) is 14.4 Å². The highest BCUT2D eigenvalue weighted by Gasteiger charge is 2.21. The topological polar surface area (TPSA) is 123 Å². The zero-order valence-corrected chi connectivity index (χ0v) is 24.6. The smallest absolute Gasteiger partial charge is 0.294 e. The number of likely N-dealkylation sites (N-methyl/N-ethyl adjacent to an activating group) is 3. The van der Waals surface area contributed by atoms with Crippen LogP contribution in [0.2, 0.25) is 5.02 Å². The number of anilines is 5. The van der Waals surface area contributed by atoms with Gasteiger partial charge < -0.3 is 30.7 Å². The van der Waals surface area contributed by atoms with E-state index >= 15 is 0 Å². The lowest BCUT2D eigenvalue weighted by Gasteiger charge is -2.20. The van der Waals surface area contributed by atoms with Crippen molar-refractivity contribution >= 4 is 58.0 Å². The van der Waals surface area contributed by atoms with E-state index in [0.717, 1.165) is 13.1 Å². The minimum atomic E-state index is -0.664. The third kappa shape index (κ3) is 9.10. The monoisotopic (exact) mass is 578 g/mol. The molecule has 0 aliphatic heterocycles. The Labute approximate surface area is 245 Å². The summed E-state index contributed by atoms with van der Waals surface area (Å²) in [5.74, 6) is -1.12. The first-order valence-electron chi connectivity index (χ1n) is 12.8. The Morgan fingerprint density at radius 3 is 2.34 bits per heavy atom. The van der Waals surface area contributed by atoms with E-state index in [0.29, 0.717) is 29.2 Å². The average Bonchev–Trinajstić information content (AvgIpc) is 2.93. The van der Waals surface area contributed by atoms with Gasteiger partial charge in [-0.2, -0.15) is 4.98 Å². The summed E-state index contributed by atoms with van der Waals surface area (Å²) >= 11 is 6.34. The van der Waals surface area contributed by atoms with Crippen LogP contribution in [0.15, 0.2) is 66.9 Å². The van der Waals surface area contributed by atoms with Gasteiger partial charge in [0.1, 0.15) is 5.02 Å². The van der Waals surface area contributed by atoms with Gasteiger partial charge in [-0.15, -0.1) is 0 Å². The zero-order valence-electron chi connectivity index (χ0n) is 23.9. The second-order valence-corrected chi connectivity index (χ2v) is 10.3. The van der Waals surface area contributed by atoms with Crippen LogP contribution in [-0.2, 0) is 9.59 Å². The molecule has 0 bridgehead atoms. The first-order valence-corrected chi connectivity index (χ1v) is 13.2. The molecule has 0 aliphatic carbocycles. The van der Waals surface area contributed by atoms with Crippen LogP contribution < -0.4 is 16.0 Å². The molecule has 2 amide bonds. The van der Waals surface area contributed by atoms with E-state index in [9.17, 15) is 14.4 Å². The summed E-state index contributed by atoms with van der Waals surface area (Å²) in [4.78, 5) is 51.7. The lowest BCUT2D eigenvalue weighted by Crippen LogP contribution is -2.32. The number of para-hydroxylation sites is 1. The summed E-state index contributed by atoms with van der Waals surface area (Å²) in [5.41, 5.74) is 2.20. The maximum atomic E-state index is 12.7. The molecule has 3 N–H and O–H groups in total. The molecule has 3 aromatic rings. The molecule has 41 heavy (non-hydrogen) atoms. The molecular formula is C29H35ClN8O3. The van der Waals surface area contributed by atoms with E-state index in [-0.39, 0.29) is 28.3 Å². The molecule has 0 spiro atoms. The van der Waals surface area contributed by atoms with Gasteiger partial charge in [0.15, 0.2) is 5.82 Å². The van der Waals surface area contributed by atoms with Gasteiger partial charge in [-0.1, -0.05) is 36.4 Å². The first kappa shape index (κ1) is 31.2. The molecule has 1 heterocycles. The van der Waals surface area contributed by atoms with Crippen LogP contribution in [0.4, 0.5) is 28.8 Å². The van der Waals surface area contributed by atoms with Crippen molar-refractivity contribution in [3.05, 3.63) is 77.5 Å². The molecule has 3 rings (SSSR count). The Kier molecular flexibility index (Phi) is 10.9. The standard InChI is InChI=1S/C29H35ClN8O3/c1-19(18-38(6)15-14-36(2)3)27(40)32-20-10-9-11-21(16-20)33-29-31-17-23(30)26(35-29)34-24-13-8-7-12-22(24)25(39)28(41)37(4)5/h7-13,16-17H,1,14-15,18H2,2-6H3,(H,32,40)(H2,31,33,34,35). The summed E-state index contributed by atoms with van der Waals surface area (Å²) in [6.45, 7) is 6.07. The summed E-state index contributed by atoms with van der Waals surface area (Å²) in [7, 11) is 8.97. The van der Waals surface area contributed by atoms with E-state index < -0.39 is 11.7 Å². The fourth-order valence-corrected chi connectivity index (χ4v) is 3.76. The minimum absolute atomic E-state index is 0.185. The van der Waals surface area contributed by atoms with E-state index in [2.05, 4.69) is 37.4 Å². The van der Waals surface area contributed by atoms with Crippen LogP contribution in [0.3, 0.4) is 0 Å². The lowest BCUT2D eigenvalue weighted by molar-refractivity contribution is -0.124. The number of aromatic nitrogens is 2. The number of Topliss-reactive ketones (excluding diaryl/α,β-unsaturated/α-hetero) is 1. The lowest BCUT2D eigenvalue weighted by atomic mass is 10.1. The average molecular weight is 579 g/mol. The predicted molar refractivity (Wildman–Crippen MR) is 163 cm³/mol. The number of ketones is 1. The maximum Gasteiger partial charge on any atom is 0.294 e. The second kappa shape index (κ2) is 14.4. The number of carbonyl (C=O) groups is 3. The maximum absolute atomic E-state index is 12.7. The van der Waals surface area contributed by atoms with Crippen molar-refractivity contribution in [2.24, 2.45) is 0 Å². The minimum Gasteiger partial charge on any atom is -0.342 e. The Bertz CT molecular complexity index is 1430. The van der Waals surface area contributed by atoms with Crippen LogP contribution in [-0.4, -0.2) is 97.1 Å². The van der Waals surface area contributed by atoms with Crippen LogP contribution >= 0.6 is 11.6 Å². The third-order valence-corrected chi connectivity index (χ3v) is 6.13. The van der Waals surface area contributed by atoms with Crippen LogP contribution in [0.5, 0.6) is 0 Å². The molecule has 216 valence electrons. The molecule has 1 aromatic heterocycles. The molecule has 0 atom stereocenters.